The van der Waals surface area contributed by atoms with Gasteiger partial charge in [-0.25, -0.2) is 4.79 Å². The van der Waals surface area contributed by atoms with Crippen LogP contribution in [0.1, 0.15) is 47.5 Å². The van der Waals surface area contributed by atoms with E-state index in [1.807, 2.05) is 33.8 Å². The summed E-state index contributed by atoms with van der Waals surface area (Å²) in [5, 5.41) is 2.84. The Hall–Kier alpha value is -0.510. The Balaban J connectivity index is 4.29. The van der Waals surface area contributed by atoms with E-state index < -0.39 is 5.60 Å². The summed E-state index contributed by atoms with van der Waals surface area (Å²) in [6.07, 6.45) is 3.53. The Morgan fingerprint density at radius 3 is 2.44 bits per heavy atom. The number of amides is 1. The van der Waals surface area contributed by atoms with Gasteiger partial charge in [-0.3, -0.25) is 0 Å². The number of rotatable bonds is 4. The number of alkyl carbamates (subject to hydrolysis) is 1. The summed E-state index contributed by atoms with van der Waals surface area (Å²) in [5.41, 5.74) is -0.450. The van der Waals surface area contributed by atoms with Crippen LogP contribution < -0.4 is 5.32 Å². The van der Waals surface area contributed by atoms with Gasteiger partial charge in [0.1, 0.15) is 5.60 Å². The zero-order valence-corrected chi connectivity index (χ0v) is 12.3. The van der Waals surface area contributed by atoms with Crippen LogP contribution in [0.2, 0.25) is 0 Å². The number of hydrogen-bond donors (Lipinski definition) is 1. The first-order valence-electron chi connectivity index (χ1n) is 5.58. The maximum Gasteiger partial charge on any atom is 0.408 e. The molecule has 0 bridgehead atoms. The predicted molar refractivity (Wildman–Crippen MR) is 70.7 cm³/mol. The zero-order valence-electron chi connectivity index (χ0n) is 10.8. The molecule has 0 rings (SSSR count). The molecule has 0 aromatic carbocycles. The van der Waals surface area contributed by atoms with E-state index >= 15 is 0 Å². The minimum absolute atomic E-state index is 0.0271. The van der Waals surface area contributed by atoms with Gasteiger partial charge in [0, 0.05) is 0 Å². The second-order valence-corrected chi connectivity index (χ2v) is 6.05. The largest absolute Gasteiger partial charge is 0.444 e. The highest BCUT2D eigenvalue weighted by atomic mass is 79.9. The molecule has 3 nitrogen and oxygen atoms in total. The van der Waals surface area contributed by atoms with Crippen LogP contribution in [0, 0.1) is 0 Å². The number of allylic oxidation sites excluding steroid dienone is 1. The molecule has 0 aliphatic carbocycles. The molecule has 0 aromatic rings. The van der Waals surface area contributed by atoms with Crippen molar-refractivity contribution in [3.8, 4) is 0 Å². The minimum atomic E-state index is -0.450. The van der Waals surface area contributed by atoms with Crippen molar-refractivity contribution in [2.24, 2.45) is 0 Å². The zero-order chi connectivity index (χ0) is 12.8. The lowest BCUT2D eigenvalue weighted by Crippen LogP contribution is -2.38. The monoisotopic (exact) mass is 291 g/mol. The van der Waals surface area contributed by atoms with Crippen LogP contribution in [0.3, 0.4) is 0 Å². The molecule has 0 unspecified atom stereocenters. The first kappa shape index (κ1) is 15.5. The van der Waals surface area contributed by atoms with Crippen molar-refractivity contribution in [2.45, 2.75) is 59.1 Å². The number of carbonyl (C=O) groups excluding carboxylic acids is 1. The van der Waals surface area contributed by atoms with Crippen molar-refractivity contribution in [1.29, 1.82) is 0 Å². The van der Waals surface area contributed by atoms with E-state index in [2.05, 4.69) is 28.2 Å². The summed E-state index contributed by atoms with van der Waals surface area (Å²) in [5.74, 6) is 0. The molecule has 0 spiro atoms. The van der Waals surface area contributed by atoms with Crippen LogP contribution in [0.4, 0.5) is 4.79 Å². The summed E-state index contributed by atoms with van der Waals surface area (Å²) in [6.45, 7) is 9.59. The van der Waals surface area contributed by atoms with Crippen LogP contribution in [0.5, 0.6) is 0 Å². The van der Waals surface area contributed by atoms with Gasteiger partial charge in [0.15, 0.2) is 0 Å². The van der Waals surface area contributed by atoms with E-state index in [-0.39, 0.29) is 12.1 Å². The van der Waals surface area contributed by atoms with E-state index in [1.54, 1.807) is 0 Å². The minimum Gasteiger partial charge on any atom is -0.444 e. The smallest absolute Gasteiger partial charge is 0.408 e. The average Bonchev–Trinajstić information content (AvgIpc) is 1.98. The van der Waals surface area contributed by atoms with Gasteiger partial charge in [0.2, 0.25) is 0 Å². The molecule has 1 amide bonds. The van der Waals surface area contributed by atoms with Gasteiger partial charge in [0.25, 0.3) is 0 Å². The van der Waals surface area contributed by atoms with Gasteiger partial charge < -0.3 is 10.1 Å². The molecule has 0 aromatic heterocycles. The van der Waals surface area contributed by atoms with Gasteiger partial charge in [-0.15, -0.1) is 0 Å². The van der Waals surface area contributed by atoms with Gasteiger partial charge in [-0.1, -0.05) is 35.4 Å². The molecule has 4 heteroatoms. The van der Waals surface area contributed by atoms with Crippen LogP contribution in [0.15, 0.2) is 10.6 Å². The molecule has 94 valence electrons. The van der Waals surface area contributed by atoms with Crippen molar-refractivity contribution in [1.82, 2.24) is 5.32 Å². The fraction of sp³-hybridized carbons (Fsp3) is 0.750. The van der Waals surface area contributed by atoms with Crippen LogP contribution in [-0.4, -0.2) is 17.7 Å². The highest BCUT2D eigenvalue weighted by Gasteiger charge is 2.18. The standard InChI is InChI=1S/C12H22BrNO2/c1-6-7-10(8-9(2)13)14-11(15)16-12(3,4)5/h8,10H,6-7H2,1-5H3,(H,14,15)/b9-8-/t10-/m0/s1. The fourth-order valence-corrected chi connectivity index (χ4v) is 1.56. The topological polar surface area (TPSA) is 38.3 Å². The second kappa shape index (κ2) is 6.94. The van der Waals surface area contributed by atoms with E-state index in [4.69, 9.17) is 4.74 Å². The van der Waals surface area contributed by atoms with Crippen LogP contribution in [-0.2, 0) is 4.74 Å². The predicted octanol–water partition coefficient (Wildman–Crippen LogP) is 3.98. The Morgan fingerprint density at radius 2 is 2.06 bits per heavy atom. The first-order valence-corrected chi connectivity index (χ1v) is 6.37. The number of carbonyl (C=O) groups is 1. The molecule has 0 aliphatic heterocycles. The van der Waals surface area contributed by atoms with Crippen molar-refractivity contribution >= 4 is 22.0 Å². The third kappa shape index (κ3) is 8.77. The maximum atomic E-state index is 11.5. The Kier molecular flexibility index (Phi) is 6.72. The highest BCUT2D eigenvalue weighted by Crippen LogP contribution is 2.10. The molecule has 0 heterocycles. The van der Waals surface area contributed by atoms with Gasteiger partial charge in [-0.2, -0.15) is 0 Å². The van der Waals surface area contributed by atoms with Crippen LogP contribution >= 0.6 is 15.9 Å². The SMILES string of the molecule is CCC[C@@H](/C=C(/C)Br)NC(=O)OC(C)(C)C. The van der Waals surface area contributed by atoms with Crippen molar-refractivity contribution in [2.75, 3.05) is 0 Å². The number of ether oxygens (including phenoxy) is 1. The lowest BCUT2D eigenvalue weighted by molar-refractivity contribution is 0.0512. The summed E-state index contributed by atoms with van der Waals surface area (Å²) >= 11 is 3.37. The molecule has 1 atom stereocenters. The fourth-order valence-electron chi connectivity index (χ4n) is 1.24. The van der Waals surface area contributed by atoms with Crippen molar-refractivity contribution in [3.63, 3.8) is 0 Å². The van der Waals surface area contributed by atoms with E-state index in [1.165, 1.54) is 0 Å². The molecule has 0 fully saturated rings. The quantitative estimate of drug-likeness (QED) is 0.851. The maximum absolute atomic E-state index is 11.5. The lowest BCUT2D eigenvalue weighted by atomic mass is 10.1. The van der Waals surface area contributed by atoms with Gasteiger partial charge >= 0.3 is 6.09 Å². The summed E-state index contributed by atoms with van der Waals surface area (Å²) in [7, 11) is 0. The lowest BCUT2D eigenvalue weighted by Gasteiger charge is -2.22. The summed E-state index contributed by atoms with van der Waals surface area (Å²) < 4.78 is 6.22. The third-order valence-corrected chi connectivity index (χ3v) is 2.00. The van der Waals surface area contributed by atoms with E-state index in [0.717, 1.165) is 17.3 Å². The molecule has 0 radical (unpaired) electrons. The van der Waals surface area contributed by atoms with Crippen LogP contribution in [0.25, 0.3) is 0 Å². The highest BCUT2D eigenvalue weighted by molar-refractivity contribution is 9.11. The Bertz CT molecular complexity index is 252. The van der Waals surface area contributed by atoms with Gasteiger partial charge in [-0.05, 0) is 38.6 Å². The number of nitrogens with one attached hydrogen (secondary N) is 1. The third-order valence-electron chi connectivity index (χ3n) is 1.73. The molecule has 0 saturated carbocycles. The molecule has 0 saturated heterocycles. The second-order valence-electron chi connectivity index (χ2n) is 4.79. The number of hydrogen-bond acceptors (Lipinski definition) is 2. The molecular formula is C12H22BrNO2. The first-order chi connectivity index (χ1) is 7.24. The Labute approximate surface area is 107 Å². The van der Waals surface area contributed by atoms with E-state index in [0.29, 0.717) is 0 Å². The van der Waals surface area contributed by atoms with Crippen molar-refractivity contribution < 1.29 is 9.53 Å². The summed E-state index contributed by atoms with van der Waals surface area (Å²) in [4.78, 5) is 11.5. The molecule has 16 heavy (non-hydrogen) atoms. The van der Waals surface area contributed by atoms with Crippen molar-refractivity contribution in [3.05, 3.63) is 10.6 Å². The summed E-state index contributed by atoms with van der Waals surface area (Å²) in [6, 6.07) is 0.0271. The van der Waals surface area contributed by atoms with E-state index in [9.17, 15) is 4.79 Å². The Morgan fingerprint density at radius 1 is 1.50 bits per heavy atom. The number of halogens is 1. The molecular weight excluding hydrogens is 270 g/mol. The van der Waals surface area contributed by atoms with Gasteiger partial charge in [0.05, 0.1) is 6.04 Å². The average molecular weight is 292 g/mol. The normalized spacial score (nSPS) is 14.5. The molecule has 0 aliphatic rings. The molecule has 1 N–H and O–H groups in total.